The lowest BCUT2D eigenvalue weighted by atomic mass is 9.92. The van der Waals surface area contributed by atoms with Crippen LogP contribution in [0, 0.1) is 25.7 Å². The maximum absolute atomic E-state index is 6.19. The summed E-state index contributed by atoms with van der Waals surface area (Å²) in [6.07, 6.45) is 2.31. The predicted octanol–water partition coefficient (Wildman–Crippen LogP) is 4.63. The number of hydrogen-bond donors (Lipinski definition) is 1. The van der Waals surface area contributed by atoms with Gasteiger partial charge in [0.2, 0.25) is 5.95 Å². The van der Waals surface area contributed by atoms with Crippen molar-refractivity contribution in [2.45, 2.75) is 52.6 Å². The van der Waals surface area contributed by atoms with Crippen molar-refractivity contribution >= 4 is 23.6 Å². The molecule has 3 heterocycles. The van der Waals surface area contributed by atoms with Gasteiger partial charge < -0.3 is 19.5 Å². The second kappa shape index (κ2) is 8.27. The van der Waals surface area contributed by atoms with Gasteiger partial charge in [0.1, 0.15) is 5.75 Å². The highest BCUT2D eigenvalue weighted by Crippen LogP contribution is 2.40. The van der Waals surface area contributed by atoms with E-state index < -0.39 is 0 Å². The lowest BCUT2D eigenvalue weighted by Crippen LogP contribution is -2.48. The van der Waals surface area contributed by atoms with Crippen molar-refractivity contribution < 1.29 is 9.26 Å². The Kier molecular flexibility index (Phi) is 5.44. The van der Waals surface area contributed by atoms with Crippen LogP contribution in [0.5, 0.6) is 11.8 Å². The number of aryl methyl sites for hydroxylation is 2. The van der Waals surface area contributed by atoms with Gasteiger partial charge in [-0.1, -0.05) is 16.8 Å². The number of benzene rings is 1. The first-order valence-corrected chi connectivity index (χ1v) is 11.5. The van der Waals surface area contributed by atoms with Gasteiger partial charge in [-0.25, -0.2) is 4.68 Å². The Labute approximate surface area is 192 Å². The monoisotopic (exact) mass is 457 g/mol. The third-order valence-corrected chi connectivity index (χ3v) is 6.45. The Hall–Kier alpha value is -2.81. The summed E-state index contributed by atoms with van der Waals surface area (Å²) in [4.78, 5) is 11.3. The Morgan fingerprint density at radius 2 is 1.88 bits per heavy atom. The van der Waals surface area contributed by atoms with Gasteiger partial charge in [-0.3, -0.25) is 0 Å². The van der Waals surface area contributed by atoms with Crippen molar-refractivity contribution in [3.63, 3.8) is 0 Å². The second-order valence-electron chi connectivity index (χ2n) is 9.12. The molecule has 1 N–H and O–H groups in total. The molecular formula is C22H28ClN7O2. The van der Waals surface area contributed by atoms with E-state index in [1.54, 1.807) is 10.7 Å². The van der Waals surface area contributed by atoms with E-state index in [0.717, 1.165) is 31.5 Å². The summed E-state index contributed by atoms with van der Waals surface area (Å²) in [7, 11) is 0. The van der Waals surface area contributed by atoms with Gasteiger partial charge in [-0.05, 0) is 76.1 Å². The fourth-order valence-corrected chi connectivity index (χ4v) is 5.10. The van der Waals surface area contributed by atoms with E-state index in [-0.39, 0.29) is 6.04 Å². The normalized spacial score (nSPS) is 22.6. The number of aromatic nitrogens is 5. The van der Waals surface area contributed by atoms with Gasteiger partial charge >= 0.3 is 12.0 Å². The molecule has 0 amide bonds. The minimum Gasteiger partial charge on any atom is -0.424 e. The Bertz CT molecular complexity index is 1080. The molecule has 9 nitrogen and oxygen atoms in total. The van der Waals surface area contributed by atoms with Gasteiger partial charge in [0.15, 0.2) is 5.82 Å². The molecule has 2 aliphatic rings. The van der Waals surface area contributed by atoms with E-state index in [2.05, 4.69) is 39.2 Å². The molecule has 1 saturated carbocycles. The summed E-state index contributed by atoms with van der Waals surface area (Å²) in [5, 5.41) is 12.9. The van der Waals surface area contributed by atoms with Crippen LogP contribution in [0.3, 0.4) is 0 Å². The smallest absolute Gasteiger partial charge is 0.324 e. The summed E-state index contributed by atoms with van der Waals surface area (Å²) in [5.41, 5.74) is 1.03. The van der Waals surface area contributed by atoms with Crippen LogP contribution < -0.4 is 15.0 Å². The molecule has 10 heteroatoms. The summed E-state index contributed by atoms with van der Waals surface area (Å²) < 4.78 is 13.3. The number of piperidine rings is 1. The summed E-state index contributed by atoms with van der Waals surface area (Å²) >= 11 is 6.19. The minimum absolute atomic E-state index is 0.104. The average Bonchev–Trinajstić information content (AvgIpc) is 3.38. The lowest BCUT2D eigenvalue weighted by molar-refractivity contribution is 0.340. The number of nitrogens with one attached hydrogen (secondary N) is 1. The van der Waals surface area contributed by atoms with Crippen LogP contribution in [0.25, 0.3) is 0 Å². The molecular weight excluding hydrogens is 430 g/mol. The fourth-order valence-electron chi connectivity index (χ4n) is 4.82. The summed E-state index contributed by atoms with van der Waals surface area (Å²) in [5.74, 6) is 2.84. The third-order valence-electron chi connectivity index (χ3n) is 6.23. The first kappa shape index (κ1) is 21.1. The van der Waals surface area contributed by atoms with E-state index >= 15 is 0 Å². The SMILES string of the molecule is Cc1cc(Cl)cc(Oc2nc(NC3[C@@H]4CC[C@H]3CN(c3nc(C)no3)C4)nn2C(C)C)c1. The molecule has 3 aromatic rings. The van der Waals surface area contributed by atoms with Gasteiger partial charge in [-0.2, -0.15) is 9.97 Å². The highest BCUT2D eigenvalue weighted by molar-refractivity contribution is 6.30. The quantitative estimate of drug-likeness (QED) is 0.572. The van der Waals surface area contributed by atoms with Crippen molar-refractivity contribution in [1.82, 2.24) is 24.9 Å². The van der Waals surface area contributed by atoms with Crippen LogP contribution in [-0.2, 0) is 0 Å². The molecule has 1 aliphatic carbocycles. The lowest BCUT2D eigenvalue weighted by Gasteiger charge is -2.37. The molecule has 2 bridgehead atoms. The van der Waals surface area contributed by atoms with Crippen LogP contribution in [0.15, 0.2) is 22.7 Å². The zero-order valence-electron chi connectivity index (χ0n) is 18.7. The molecule has 170 valence electrons. The molecule has 1 unspecified atom stereocenters. The summed E-state index contributed by atoms with van der Waals surface area (Å²) in [6.45, 7) is 9.71. The molecule has 5 rings (SSSR count). The molecule has 1 aromatic carbocycles. The zero-order valence-corrected chi connectivity index (χ0v) is 19.5. The van der Waals surface area contributed by atoms with Crippen LogP contribution in [-0.4, -0.2) is 44.0 Å². The van der Waals surface area contributed by atoms with E-state index in [0.29, 0.717) is 52.4 Å². The highest BCUT2D eigenvalue weighted by atomic mass is 35.5. The number of nitrogens with zero attached hydrogens (tertiary/aromatic N) is 6. The number of fused-ring (bicyclic) bond motifs is 2. The maximum Gasteiger partial charge on any atom is 0.324 e. The predicted molar refractivity (Wildman–Crippen MR) is 122 cm³/mol. The Morgan fingerprint density at radius 1 is 1.12 bits per heavy atom. The largest absolute Gasteiger partial charge is 0.424 e. The van der Waals surface area contributed by atoms with Crippen molar-refractivity contribution in [2.24, 2.45) is 11.8 Å². The summed E-state index contributed by atoms with van der Waals surface area (Å²) in [6, 6.07) is 7.10. The van der Waals surface area contributed by atoms with Crippen molar-refractivity contribution in [1.29, 1.82) is 0 Å². The fraction of sp³-hybridized carbons (Fsp3) is 0.545. The van der Waals surface area contributed by atoms with Crippen molar-refractivity contribution in [3.05, 3.63) is 34.6 Å². The van der Waals surface area contributed by atoms with E-state index in [1.807, 2.05) is 26.0 Å². The average molecular weight is 458 g/mol. The van der Waals surface area contributed by atoms with Crippen LogP contribution in [0.2, 0.25) is 5.02 Å². The molecule has 1 saturated heterocycles. The van der Waals surface area contributed by atoms with E-state index in [4.69, 9.17) is 26.0 Å². The van der Waals surface area contributed by atoms with E-state index in [9.17, 15) is 0 Å². The number of anilines is 2. The van der Waals surface area contributed by atoms with E-state index in [1.165, 1.54) is 0 Å². The molecule has 2 fully saturated rings. The van der Waals surface area contributed by atoms with Crippen molar-refractivity contribution in [3.8, 4) is 11.8 Å². The standard InChI is InChI=1S/C22H28ClN7O2/c1-12(2)30-22(31-18-8-13(3)7-17(23)9-18)26-20(27-30)25-19-15-5-6-16(19)11-29(10-15)21-24-14(4)28-32-21/h7-9,12,15-16,19H,5-6,10-11H2,1-4H3,(H,25,27)/t15-,16+,19?. The van der Waals surface area contributed by atoms with Crippen LogP contribution in [0.1, 0.15) is 44.1 Å². The Balaban J connectivity index is 1.33. The Morgan fingerprint density at radius 3 is 2.50 bits per heavy atom. The van der Waals surface area contributed by atoms with Gasteiger partial charge in [0, 0.05) is 24.2 Å². The maximum atomic E-state index is 6.19. The number of rotatable bonds is 6. The second-order valence-corrected chi connectivity index (χ2v) is 9.56. The highest BCUT2D eigenvalue weighted by Gasteiger charge is 2.43. The molecule has 0 spiro atoms. The van der Waals surface area contributed by atoms with Crippen molar-refractivity contribution in [2.75, 3.05) is 23.3 Å². The van der Waals surface area contributed by atoms with Crippen LogP contribution in [0.4, 0.5) is 12.0 Å². The molecule has 0 radical (unpaired) electrons. The third kappa shape index (κ3) is 4.13. The molecule has 3 atom stereocenters. The minimum atomic E-state index is 0.104. The number of halogens is 1. The van der Waals surface area contributed by atoms with Crippen LogP contribution >= 0.6 is 11.6 Å². The molecule has 2 aromatic heterocycles. The first-order chi connectivity index (χ1) is 15.4. The van der Waals surface area contributed by atoms with Gasteiger partial charge in [0.25, 0.3) is 0 Å². The number of hydrogen-bond acceptors (Lipinski definition) is 8. The molecule has 1 aliphatic heterocycles. The van der Waals surface area contributed by atoms with Gasteiger partial charge in [0.05, 0.1) is 6.04 Å². The molecule has 32 heavy (non-hydrogen) atoms. The topological polar surface area (TPSA) is 94.1 Å². The zero-order chi connectivity index (χ0) is 22.4. The van der Waals surface area contributed by atoms with Gasteiger partial charge in [-0.15, -0.1) is 5.10 Å². The number of ether oxygens (including phenoxy) is 1. The first-order valence-electron chi connectivity index (χ1n) is 11.1.